The van der Waals surface area contributed by atoms with Crippen LogP contribution in [-0.4, -0.2) is 24.7 Å². The molecule has 29 heavy (non-hydrogen) atoms. The lowest BCUT2D eigenvalue weighted by molar-refractivity contribution is 0.625. The summed E-state index contributed by atoms with van der Waals surface area (Å²) in [7, 11) is 1.86. The van der Waals surface area contributed by atoms with Crippen molar-refractivity contribution in [3.63, 3.8) is 0 Å². The van der Waals surface area contributed by atoms with Gasteiger partial charge in [-0.05, 0) is 42.3 Å². The lowest BCUT2D eigenvalue weighted by Gasteiger charge is -2.30. The zero-order chi connectivity index (χ0) is 20.4. The number of nitrogens with two attached hydrogens (primary N) is 1. The maximum Gasteiger partial charge on any atom is 0.153 e. The van der Waals surface area contributed by atoms with Crippen molar-refractivity contribution in [3.05, 3.63) is 78.8 Å². The number of hydrogen-bond acceptors (Lipinski definition) is 6. The van der Waals surface area contributed by atoms with E-state index in [1.807, 2.05) is 31.1 Å². The van der Waals surface area contributed by atoms with Crippen LogP contribution in [0.5, 0.6) is 0 Å². The quantitative estimate of drug-likeness (QED) is 0.557. The number of halogens is 1. The number of anilines is 3. The summed E-state index contributed by atoms with van der Waals surface area (Å²) in [5.74, 6) is 1.32. The Morgan fingerprint density at radius 3 is 2.48 bits per heavy atom. The van der Waals surface area contributed by atoms with Gasteiger partial charge in [0.15, 0.2) is 5.82 Å². The molecule has 0 fully saturated rings. The molecule has 0 saturated heterocycles. The molecule has 1 aromatic carbocycles. The highest BCUT2D eigenvalue weighted by atomic mass is 19.1. The Kier molecular flexibility index (Phi) is 4.90. The van der Waals surface area contributed by atoms with E-state index in [2.05, 4.69) is 20.1 Å². The number of nitrogens with zero attached hydrogens (tertiary/aromatic N) is 6. The predicted molar refractivity (Wildman–Crippen MR) is 110 cm³/mol. The highest BCUT2D eigenvalue weighted by Crippen LogP contribution is 2.35. The molecule has 3 aromatic heterocycles. The Bertz CT molecular complexity index is 1110. The fourth-order valence-corrected chi connectivity index (χ4v) is 3.22. The lowest BCUT2D eigenvalue weighted by atomic mass is 10.1. The maximum absolute atomic E-state index is 13.4. The highest BCUT2D eigenvalue weighted by molar-refractivity contribution is 5.71. The van der Waals surface area contributed by atoms with Gasteiger partial charge in [0.2, 0.25) is 0 Å². The normalized spacial score (nSPS) is 12.0. The third-order valence-electron chi connectivity index (χ3n) is 4.65. The second-order valence-corrected chi connectivity index (χ2v) is 6.70. The van der Waals surface area contributed by atoms with Crippen molar-refractivity contribution in [3.8, 4) is 11.1 Å². The Hall–Kier alpha value is -3.81. The van der Waals surface area contributed by atoms with Crippen molar-refractivity contribution in [2.24, 2.45) is 7.05 Å². The molecule has 0 amide bonds. The van der Waals surface area contributed by atoms with Gasteiger partial charge in [-0.25, -0.2) is 14.4 Å². The Morgan fingerprint density at radius 1 is 1.03 bits per heavy atom. The molecule has 0 bridgehead atoms. The van der Waals surface area contributed by atoms with Crippen LogP contribution in [0.3, 0.4) is 0 Å². The monoisotopic (exact) mass is 389 g/mol. The number of aryl methyl sites for hydroxylation is 1. The van der Waals surface area contributed by atoms with Gasteiger partial charge in [0.1, 0.15) is 17.5 Å². The van der Waals surface area contributed by atoms with Crippen LogP contribution < -0.4 is 10.6 Å². The molecule has 0 spiro atoms. The Labute approximate surface area is 167 Å². The number of benzene rings is 1. The molecule has 0 radical (unpaired) electrons. The van der Waals surface area contributed by atoms with E-state index in [-0.39, 0.29) is 11.9 Å². The lowest BCUT2D eigenvalue weighted by Crippen LogP contribution is -2.24. The van der Waals surface area contributed by atoms with E-state index in [1.54, 1.807) is 47.7 Å². The van der Waals surface area contributed by atoms with Gasteiger partial charge in [0.25, 0.3) is 0 Å². The summed E-state index contributed by atoms with van der Waals surface area (Å²) in [4.78, 5) is 15.1. The fourth-order valence-electron chi connectivity index (χ4n) is 3.22. The summed E-state index contributed by atoms with van der Waals surface area (Å²) < 4.78 is 15.1. The van der Waals surface area contributed by atoms with Crippen molar-refractivity contribution in [2.75, 3.05) is 10.6 Å². The van der Waals surface area contributed by atoms with Crippen LogP contribution in [0.15, 0.2) is 67.4 Å². The number of nitrogen functional groups attached to an aromatic ring is 1. The average Bonchev–Trinajstić information content (AvgIpc) is 3.15. The van der Waals surface area contributed by atoms with Gasteiger partial charge >= 0.3 is 0 Å². The molecule has 4 rings (SSSR count). The fraction of sp³-hybridized carbons (Fsp3) is 0.143. The van der Waals surface area contributed by atoms with Gasteiger partial charge < -0.3 is 10.6 Å². The van der Waals surface area contributed by atoms with E-state index >= 15 is 0 Å². The summed E-state index contributed by atoms with van der Waals surface area (Å²) in [6.07, 6.45) is 8.57. The van der Waals surface area contributed by atoms with Gasteiger partial charge in [0, 0.05) is 31.2 Å². The van der Waals surface area contributed by atoms with Gasteiger partial charge in [-0.15, -0.1) is 0 Å². The zero-order valence-electron chi connectivity index (χ0n) is 16.1. The molecule has 8 heteroatoms. The first-order chi connectivity index (χ1) is 14.0. The minimum atomic E-state index is -0.284. The van der Waals surface area contributed by atoms with Crippen molar-refractivity contribution < 1.29 is 4.39 Å². The van der Waals surface area contributed by atoms with E-state index in [9.17, 15) is 4.39 Å². The van der Waals surface area contributed by atoms with Gasteiger partial charge in [-0.3, -0.25) is 9.67 Å². The minimum Gasteiger partial charge on any atom is -0.384 e. The average molecular weight is 389 g/mol. The van der Waals surface area contributed by atoms with Crippen molar-refractivity contribution in [1.82, 2.24) is 24.7 Å². The van der Waals surface area contributed by atoms with Crippen LogP contribution in [0, 0.1) is 5.82 Å². The molecule has 2 N–H and O–H groups in total. The number of pyridine rings is 1. The molecule has 0 unspecified atom stereocenters. The van der Waals surface area contributed by atoms with Crippen molar-refractivity contribution >= 4 is 17.5 Å². The molecule has 0 aliphatic heterocycles. The Balaban J connectivity index is 1.83. The molecule has 7 nitrogen and oxygen atoms in total. The highest BCUT2D eigenvalue weighted by Gasteiger charge is 2.22. The van der Waals surface area contributed by atoms with Crippen molar-refractivity contribution in [2.45, 2.75) is 13.0 Å². The standard InChI is InChI=1S/C21H20FN7/c1-14(15-3-5-18(22)6-4-15)29(21-12-24-7-8-25-21)20-10-16(9-19(23)27-20)17-11-26-28(2)13-17/h3-14H,1-2H3,(H2,23,27)/t14-/m0/s1. The zero-order valence-corrected chi connectivity index (χ0v) is 16.1. The van der Waals surface area contributed by atoms with Crippen LogP contribution in [0.2, 0.25) is 0 Å². The van der Waals surface area contributed by atoms with Gasteiger partial charge in [-0.1, -0.05) is 12.1 Å². The number of rotatable bonds is 5. The second-order valence-electron chi connectivity index (χ2n) is 6.70. The van der Waals surface area contributed by atoms with E-state index < -0.39 is 0 Å². The third-order valence-corrected chi connectivity index (χ3v) is 4.65. The largest absolute Gasteiger partial charge is 0.384 e. The first-order valence-electron chi connectivity index (χ1n) is 9.08. The van der Waals surface area contributed by atoms with Crippen LogP contribution in [0.4, 0.5) is 21.8 Å². The molecule has 146 valence electrons. The molecule has 0 saturated carbocycles. The predicted octanol–water partition coefficient (Wildman–Crippen LogP) is 3.89. The van der Waals surface area contributed by atoms with E-state index in [0.717, 1.165) is 16.7 Å². The Morgan fingerprint density at radius 2 is 1.83 bits per heavy atom. The molecule has 4 aromatic rings. The van der Waals surface area contributed by atoms with Crippen molar-refractivity contribution in [1.29, 1.82) is 0 Å². The first kappa shape index (κ1) is 18.5. The SMILES string of the molecule is C[C@@H](c1ccc(F)cc1)N(c1cnccn1)c1cc(-c2cnn(C)c2)cc(N)n1. The summed E-state index contributed by atoms with van der Waals surface area (Å²) in [5, 5.41) is 4.23. The van der Waals surface area contributed by atoms with Crippen LogP contribution in [0.1, 0.15) is 18.5 Å². The van der Waals surface area contributed by atoms with Gasteiger partial charge in [-0.2, -0.15) is 5.10 Å². The van der Waals surface area contributed by atoms with Gasteiger partial charge in [0.05, 0.1) is 18.4 Å². The number of aromatic nitrogens is 5. The number of hydrogen-bond donors (Lipinski definition) is 1. The summed E-state index contributed by atoms with van der Waals surface area (Å²) in [6.45, 7) is 2.00. The van der Waals surface area contributed by atoms with Crippen LogP contribution >= 0.6 is 0 Å². The first-order valence-corrected chi connectivity index (χ1v) is 9.08. The molecular formula is C21H20FN7. The second kappa shape index (κ2) is 7.67. The van der Waals surface area contributed by atoms with Crippen LogP contribution in [-0.2, 0) is 7.05 Å². The van der Waals surface area contributed by atoms with E-state index in [1.165, 1.54) is 12.1 Å². The molecule has 0 aliphatic carbocycles. The topological polar surface area (TPSA) is 85.8 Å². The van der Waals surface area contributed by atoms with Crippen LogP contribution in [0.25, 0.3) is 11.1 Å². The summed E-state index contributed by atoms with van der Waals surface area (Å²) >= 11 is 0. The molecular weight excluding hydrogens is 369 g/mol. The molecule has 0 aliphatic rings. The maximum atomic E-state index is 13.4. The smallest absolute Gasteiger partial charge is 0.153 e. The minimum absolute atomic E-state index is 0.191. The molecule has 1 atom stereocenters. The summed E-state index contributed by atoms with van der Waals surface area (Å²) in [5.41, 5.74) is 8.85. The molecule has 3 heterocycles. The third kappa shape index (κ3) is 3.91. The van der Waals surface area contributed by atoms with E-state index in [0.29, 0.717) is 17.5 Å². The van der Waals surface area contributed by atoms with E-state index in [4.69, 9.17) is 5.73 Å². The summed E-state index contributed by atoms with van der Waals surface area (Å²) in [6, 6.07) is 9.92.